The summed E-state index contributed by atoms with van der Waals surface area (Å²) in [5, 5.41) is 2.89. The highest BCUT2D eigenvalue weighted by Gasteiger charge is 2.31. The van der Waals surface area contributed by atoms with Crippen LogP contribution in [-0.2, 0) is 16.0 Å². The zero-order chi connectivity index (χ0) is 17.1. The fourth-order valence-corrected chi connectivity index (χ4v) is 2.84. The van der Waals surface area contributed by atoms with E-state index in [0.717, 1.165) is 16.8 Å². The van der Waals surface area contributed by atoms with Gasteiger partial charge in [0.15, 0.2) is 0 Å². The number of nitrogens with zero attached hydrogens (tertiary/aromatic N) is 1. The van der Waals surface area contributed by atoms with E-state index in [1.165, 1.54) is 12.1 Å². The van der Waals surface area contributed by atoms with E-state index in [0.29, 0.717) is 13.0 Å². The Morgan fingerprint density at radius 2 is 1.83 bits per heavy atom. The van der Waals surface area contributed by atoms with Gasteiger partial charge in [-0.1, -0.05) is 29.8 Å². The molecule has 2 aromatic rings. The molecule has 0 spiro atoms. The lowest BCUT2D eigenvalue weighted by Gasteiger charge is -2.17. The zero-order valence-corrected chi connectivity index (χ0v) is 13.5. The Hall–Kier alpha value is -2.69. The van der Waals surface area contributed by atoms with E-state index < -0.39 is 0 Å². The molecular formula is C19H19FN2O2. The second-order valence-electron chi connectivity index (χ2n) is 6.11. The first-order chi connectivity index (χ1) is 11.5. The molecule has 0 unspecified atom stereocenters. The lowest BCUT2D eigenvalue weighted by atomic mass is 10.1. The Kier molecular flexibility index (Phi) is 4.60. The molecule has 124 valence electrons. The number of hydrogen-bond donors (Lipinski definition) is 1. The lowest BCUT2D eigenvalue weighted by Crippen LogP contribution is -2.38. The van der Waals surface area contributed by atoms with E-state index in [2.05, 4.69) is 5.32 Å². The summed E-state index contributed by atoms with van der Waals surface area (Å²) in [7, 11) is 0. The molecule has 2 amide bonds. The molecule has 0 bridgehead atoms. The van der Waals surface area contributed by atoms with Crippen molar-refractivity contribution in [1.82, 2.24) is 5.32 Å². The average molecular weight is 326 g/mol. The Labute approximate surface area is 140 Å². The summed E-state index contributed by atoms with van der Waals surface area (Å²) in [5.74, 6) is -0.481. The molecule has 0 aliphatic carbocycles. The first-order valence-electron chi connectivity index (χ1n) is 7.92. The van der Waals surface area contributed by atoms with Gasteiger partial charge in [-0.15, -0.1) is 0 Å². The number of halogens is 1. The Bertz CT molecular complexity index is 741. The summed E-state index contributed by atoms with van der Waals surface area (Å²) in [4.78, 5) is 26.0. The quantitative estimate of drug-likeness (QED) is 0.939. The SMILES string of the molecule is Cc1ccc(N2C[C@H](NC(=O)Cc3ccc(F)cc3)CC2=O)cc1. The Morgan fingerprint density at radius 1 is 1.17 bits per heavy atom. The predicted octanol–water partition coefficient (Wildman–Crippen LogP) is 2.60. The van der Waals surface area contributed by atoms with Gasteiger partial charge in [-0.05, 0) is 36.8 Å². The van der Waals surface area contributed by atoms with E-state index in [4.69, 9.17) is 0 Å². The van der Waals surface area contributed by atoms with E-state index in [1.807, 2.05) is 31.2 Å². The number of anilines is 1. The summed E-state index contributed by atoms with van der Waals surface area (Å²) in [6.45, 7) is 2.46. The summed E-state index contributed by atoms with van der Waals surface area (Å²) in [6.07, 6.45) is 0.471. The van der Waals surface area contributed by atoms with Gasteiger partial charge < -0.3 is 10.2 Å². The number of carbonyl (C=O) groups excluding carboxylic acids is 2. The third kappa shape index (κ3) is 3.79. The van der Waals surface area contributed by atoms with Gasteiger partial charge in [0.25, 0.3) is 0 Å². The zero-order valence-electron chi connectivity index (χ0n) is 13.5. The molecule has 1 atom stereocenters. The summed E-state index contributed by atoms with van der Waals surface area (Å²) >= 11 is 0. The van der Waals surface area contributed by atoms with E-state index in [1.54, 1.807) is 17.0 Å². The van der Waals surface area contributed by atoms with Crippen molar-refractivity contribution in [2.75, 3.05) is 11.4 Å². The highest BCUT2D eigenvalue weighted by molar-refractivity contribution is 5.96. The van der Waals surface area contributed by atoms with Crippen LogP contribution in [0.25, 0.3) is 0 Å². The number of rotatable bonds is 4. The fraction of sp³-hybridized carbons (Fsp3) is 0.263. The number of aryl methyl sites for hydroxylation is 1. The van der Waals surface area contributed by atoms with Crippen molar-refractivity contribution in [3.8, 4) is 0 Å². The normalized spacial score (nSPS) is 17.2. The van der Waals surface area contributed by atoms with Gasteiger partial charge in [-0.2, -0.15) is 0 Å². The van der Waals surface area contributed by atoms with Gasteiger partial charge in [-0.25, -0.2) is 4.39 Å². The molecule has 0 saturated carbocycles. The van der Waals surface area contributed by atoms with Crippen molar-refractivity contribution < 1.29 is 14.0 Å². The maximum atomic E-state index is 12.9. The van der Waals surface area contributed by atoms with Gasteiger partial charge in [0, 0.05) is 18.7 Å². The van der Waals surface area contributed by atoms with E-state index in [9.17, 15) is 14.0 Å². The molecule has 4 nitrogen and oxygen atoms in total. The van der Waals surface area contributed by atoms with Crippen LogP contribution in [0.15, 0.2) is 48.5 Å². The largest absolute Gasteiger partial charge is 0.351 e. The maximum Gasteiger partial charge on any atom is 0.229 e. The maximum absolute atomic E-state index is 12.9. The smallest absolute Gasteiger partial charge is 0.229 e. The van der Waals surface area contributed by atoms with E-state index >= 15 is 0 Å². The Balaban J connectivity index is 1.58. The number of nitrogens with one attached hydrogen (secondary N) is 1. The van der Waals surface area contributed by atoms with Crippen LogP contribution < -0.4 is 10.2 Å². The molecule has 0 aromatic heterocycles. The van der Waals surface area contributed by atoms with Crippen LogP contribution in [0.2, 0.25) is 0 Å². The van der Waals surface area contributed by atoms with Crippen LogP contribution in [0, 0.1) is 12.7 Å². The molecule has 1 aliphatic rings. The van der Waals surface area contributed by atoms with Crippen molar-refractivity contribution in [3.63, 3.8) is 0 Å². The Morgan fingerprint density at radius 3 is 2.50 bits per heavy atom. The molecule has 5 heteroatoms. The van der Waals surface area contributed by atoms with Crippen molar-refractivity contribution in [1.29, 1.82) is 0 Å². The van der Waals surface area contributed by atoms with Crippen LogP contribution in [-0.4, -0.2) is 24.4 Å². The monoisotopic (exact) mass is 326 g/mol. The minimum atomic E-state index is -0.325. The summed E-state index contributed by atoms with van der Waals surface area (Å²) in [6, 6.07) is 13.4. The molecule has 2 aromatic carbocycles. The van der Waals surface area contributed by atoms with Gasteiger partial charge >= 0.3 is 0 Å². The molecule has 1 aliphatic heterocycles. The van der Waals surface area contributed by atoms with Gasteiger partial charge in [0.1, 0.15) is 5.82 Å². The minimum absolute atomic E-state index is 0.00550. The molecule has 0 radical (unpaired) electrons. The summed E-state index contributed by atoms with van der Waals surface area (Å²) in [5.41, 5.74) is 2.73. The number of carbonyl (C=O) groups is 2. The lowest BCUT2D eigenvalue weighted by molar-refractivity contribution is -0.121. The first-order valence-corrected chi connectivity index (χ1v) is 7.92. The van der Waals surface area contributed by atoms with Crippen LogP contribution in [0.4, 0.5) is 10.1 Å². The fourth-order valence-electron chi connectivity index (χ4n) is 2.84. The molecule has 3 rings (SSSR count). The second-order valence-corrected chi connectivity index (χ2v) is 6.11. The molecular weight excluding hydrogens is 307 g/mol. The topological polar surface area (TPSA) is 49.4 Å². The third-order valence-corrected chi connectivity index (χ3v) is 4.11. The number of amides is 2. The van der Waals surface area contributed by atoms with Crippen LogP contribution in [0.3, 0.4) is 0 Å². The number of benzene rings is 2. The molecule has 1 N–H and O–H groups in total. The highest BCUT2D eigenvalue weighted by atomic mass is 19.1. The minimum Gasteiger partial charge on any atom is -0.351 e. The van der Waals surface area contributed by atoms with Crippen molar-refractivity contribution in [3.05, 3.63) is 65.5 Å². The highest BCUT2D eigenvalue weighted by Crippen LogP contribution is 2.22. The van der Waals surface area contributed by atoms with Gasteiger partial charge in [0.2, 0.25) is 11.8 Å². The predicted molar refractivity (Wildman–Crippen MR) is 90.2 cm³/mol. The molecule has 1 saturated heterocycles. The summed E-state index contributed by atoms with van der Waals surface area (Å²) < 4.78 is 12.9. The first kappa shape index (κ1) is 16.2. The van der Waals surface area contributed by atoms with E-state index in [-0.39, 0.29) is 30.1 Å². The van der Waals surface area contributed by atoms with Crippen LogP contribution in [0.5, 0.6) is 0 Å². The van der Waals surface area contributed by atoms with Crippen molar-refractivity contribution >= 4 is 17.5 Å². The van der Waals surface area contributed by atoms with Gasteiger partial charge in [0.05, 0.1) is 12.5 Å². The standard InChI is InChI=1S/C19H19FN2O2/c1-13-2-8-17(9-3-13)22-12-16(11-19(22)24)21-18(23)10-14-4-6-15(20)7-5-14/h2-9,16H,10-12H2,1H3,(H,21,23)/t16-/m1/s1. The number of hydrogen-bond acceptors (Lipinski definition) is 2. The van der Waals surface area contributed by atoms with Crippen LogP contribution >= 0.6 is 0 Å². The molecule has 1 heterocycles. The molecule has 1 fully saturated rings. The third-order valence-electron chi connectivity index (χ3n) is 4.11. The van der Waals surface area contributed by atoms with Crippen LogP contribution in [0.1, 0.15) is 17.5 Å². The molecule has 24 heavy (non-hydrogen) atoms. The second kappa shape index (κ2) is 6.83. The van der Waals surface area contributed by atoms with Crippen molar-refractivity contribution in [2.45, 2.75) is 25.8 Å². The average Bonchev–Trinajstić information content (AvgIpc) is 2.90. The van der Waals surface area contributed by atoms with Crippen molar-refractivity contribution in [2.24, 2.45) is 0 Å². The van der Waals surface area contributed by atoms with Gasteiger partial charge in [-0.3, -0.25) is 9.59 Å².